The first-order valence-corrected chi connectivity index (χ1v) is 9.59. The van der Waals surface area contributed by atoms with E-state index in [0.717, 1.165) is 16.7 Å². The van der Waals surface area contributed by atoms with Crippen molar-refractivity contribution in [2.75, 3.05) is 6.61 Å². The molecule has 2 aromatic rings. The smallest absolute Gasteiger partial charge is 0.308 e. The van der Waals surface area contributed by atoms with Crippen molar-refractivity contribution in [2.24, 2.45) is 0 Å². The standard InChI is InChI=1S/C22H26ClNO4/c1-15(2)28-22(26)12-20(17-10-8-16(3)9-11-17)24-21(25)14-27-13-18-6-4-5-7-19(18)23/h4-11,15,20H,12-14H2,1-3H3,(H,24,25). The molecule has 1 atom stereocenters. The first-order valence-electron chi connectivity index (χ1n) is 9.21. The number of carbonyl (C=O) groups excluding carboxylic acids is 2. The van der Waals surface area contributed by atoms with Gasteiger partial charge in [0.2, 0.25) is 5.91 Å². The van der Waals surface area contributed by atoms with Gasteiger partial charge in [-0.25, -0.2) is 0 Å². The second-order valence-corrected chi connectivity index (χ2v) is 7.26. The maximum Gasteiger partial charge on any atom is 0.308 e. The lowest BCUT2D eigenvalue weighted by Crippen LogP contribution is -2.33. The van der Waals surface area contributed by atoms with Crippen molar-refractivity contribution in [2.45, 2.75) is 45.9 Å². The van der Waals surface area contributed by atoms with Crippen LogP contribution in [0.5, 0.6) is 0 Å². The molecule has 0 saturated heterocycles. The van der Waals surface area contributed by atoms with Gasteiger partial charge in [-0.15, -0.1) is 0 Å². The van der Waals surface area contributed by atoms with Crippen molar-refractivity contribution < 1.29 is 19.1 Å². The van der Waals surface area contributed by atoms with Crippen LogP contribution in [0.25, 0.3) is 0 Å². The minimum absolute atomic E-state index is 0.0531. The van der Waals surface area contributed by atoms with Gasteiger partial charge in [-0.3, -0.25) is 9.59 Å². The van der Waals surface area contributed by atoms with E-state index >= 15 is 0 Å². The van der Waals surface area contributed by atoms with E-state index in [1.807, 2.05) is 49.4 Å². The minimum Gasteiger partial charge on any atom is -0.463 e. The average molecular weight is 404 g/mol. The molecule has 1 amide bonds. The van der Waals surface area contributed by atoms with Gasteiger partial charge in [-0.1, -0.05) is 59.6 Å². The summed E-state index contributed by atoms with van der Waals surface area (Å²) in [4.78, 5) is 24.5. The van der Waals surface area contributed by atoms with Crippen molar-refractivity contribution in [3.05, 3.63) is 70.2 Å². The lowest BCUT2D eigenvalue weighted by Gasteiger charge is -2.20. The highest BCUT2D eigenvalue weighted by atomic mass is 35.5. The van der Waals surface area contributed by atoms with Gasteiger partial charge >= 0.3 is 5.97 Å². The van der Waals surface area contributed by atoms with E-state index < -0.39 is 6.04 Å². The third-order valence-corrected chi connectivity index (χ3v) is 4.37. The highest BCUT2D eigenvalue weighted by molar-refractivity contribution is 6.31. The number of carbonyl (C=O) groups is 2. The van der Waals surface area contributed by atoms with E-state index in [9.17, 15) is 9.59 Å². The maximum absolute atomic E-state index is 12.4. The first-order chi connectivity index (χ1) is 13.3. The first kappa shape index (κ1) is 21.9. The van der Waals surface area contributed by atoms with Crippen LogP contribution in [0.4, 0.5) is 0 Å². The molecule has 28 heavy (non-hydrogen) atoms. The van der Waals surface area contributed by atoms with E-state index in [2.05, 4.69) is 5.32 Å². The molecule has 150 valence electrons. The number of rotatable bonds is 9. The predicted molar refractivity (Wildman–Crippen MR) is 109 cm³/mol. The molecular formula is C22H26ClNO4. The zero-order valence-electron chi connectivity index (χ0n) is 16.4. The Morgan fingerprint density at radius 3 is 2.39 bits per heavy atom. The van der Waals surface area contributed by atoms with Gasteiger partial charge < -0.3 is 14.8 Å². The Balaban J connectivity index is 1.96. The molecule has 2 aromatic carbocycles. The highest BCUT2D eigenvalue weighted by Gasteiger charge is 2.20. The summed E-state index contributed by atoms with van der Waals surface area (Å²) in [6.07, 6.45) is -0.155. The van der Waals surface area contributed by atoms with Crippen LogP contribution in [0.3, 0.4) is 0 Å². The largest absolute Gasteiger partial charge is 0.463 e. The molecule has 0 aliphatic carbocycles. The summed E-state index contributed by atoms with van der Waals surface area (Å²) in [6, 6.07) is 14.5. The number of aryl methyl sites for hydroxylation is 1. The monoisotopic (exact) mass is 403 g/mol. The van der Waals surface area contributed by atoms with E-state index in [1.165, 1.54) is 0 Å². The Hall–Kier alpha value is -2.37. The third-order valence-electron chi connectivity index (χ3n) is 4.00. The van der Waals surface area contributed by atoms with Crippen LogP contribution in [0.2, 0.25) is 5.02 Å². The molecular weight excluding hydrogens is 378 g/mol. The highest BCUT2D eigenvalue weighted by Crippen LogP contribution is 2.19. The Morgan fingerprint density at radius 2 is 1.75 bits per heavy atom. The van der Waals surface area contributed by atoms with Crippen molar-refractivity contribution in [1.82, 2.24) is 5.32 Å². The van der Waals surface area contributed by atoms with Crippen LogP contribution in [0.1, 0.15) is 43.0 Å². The molecule has 0 saturated carbocycles. The Bertz CT molecular complexity index is 789. The lowest BCUT2D eigenvalue weighted by molar-refractivity contribution is -0.148. The molecule has 0 aromatic heterocycles. The molecule has 0 bridgehead atoms. The number of hydrogen-bond acceptors (Lipinski definition) is 4. The van der Waals surface area contributed by atoms with Crippen molar-refractivity contribution in [1.29, 1.82) is 0 Å². The number of benzene rings is 2. The van der Waals surface area contributed by atoms with Gasteiger partial charge in [0.15, 0.2) is 0 Å². The Kier molecular flexibility index (Phi) is 8.48. The van der Waals surface area contributed by atoms with Crippen LogP contribution in [-0.2, 0) is 25.7 Å². The molecule has 1 N–H and O–H groups in total. The number of hydrogen-bond donors (Lipinski definition) is 1. The zero-order chi connectivity index (χ0) is 20.5. The van der Waals surface area contributed by atoms with Gasteiger partial charge in [0, 0.05) is 5.02 Å². The molecule has 0 aliphatic heterocycles. The Labute approximate surface area is 171 Å². The van der Waals surface area contributed by atoms with E-state index in [4.69, 9.17) is 21.1 Å². The minimum atomic E-state index is -0.483. The molecule has 0 radical (unpaired) electrons. The van der Waals surface area contributed by atoms with Crippen LogP contribution in [0, 0.1) is 6.92 Å². The van der Waals surface area contributed by atoms with Crippen LogP contribution in [0.15, 0.2) is 48.5 Å². The summed E-state index contributed by atoms with van der Waals surface area (Å²) >= 11 is 6.08. The fourth-order valence-electron chi connectivity index (χ4n) is 2.63. The number of ether oxygens (including phenoxy) is 2. The molecule has 0 spiro atoms. The summed E-state index contributed by atoms with van der Waals surface area (Å²) < 4.78 is 10.7. The molecule has 0 fully saturated rings. The average Bonchev–Trinajstić information content (AvgIpc) is 2.63. The van der Waals surface area contributed by atoms with Gasteiger partial charge in [-0.2, -0.15) is 0 Å². The summed E-state index contributed by atoms with van der Waals surface area (Å²) in [6.45, 7) is 5.66. The lowest BCUT2D eigenvalue weighted by atomic mass is 10.0. The van der Waals surface area contributed by atoms with Crippen molar-refractivity contribution in [3.8, 4) is 0 Å². The van der Waals surface area contributed by atoms with Gasteiger partial charge in [0.05, 0.1) is 25.2 Å². The predicted octanol–water partition coefficient (Wildman–Crippen LogP) is 4.36. The number of amides is 1. The van der Waals surface area contributed by atoms with E-state index in [-0.39, 0.29) is 37.6 Å². The fraction of sp³-hybridized carbons (Fsp3) is 0.364. The molecule has 0 aliphatic rings. The zero-order valence-corrected chi connectivity index (χ0v) is 17.2. The van der Waals surface area contributed by atoms with Crippen molar-refractivity contribution in [3.63, 3.8) is 0 Å². The van der Waals surface area contributed by atoms with Crippen LogP contribution in [-0.4, -0.2) is 24.6 Å². The van der Waals surface area contributed by atoms with Crippen LogP contribution >= 0.6 is 11.6 Å². The number of nitrogens with one attached hydrogen (secondary N) is 1. The van der Waals surface area contributed by atoms with Gasteiger partial charge in [0.1, 0.15) is 6.61 Å². The van der Waals surface area contributed by atoms with Gasteiger partial charge in [-0.05, 0) is 38.0 Å². The molecule has 2 rings (SSSR count). The van der Waals surface area contributed by atoms with E-state index in [1.54, 1.807) is 19.9 Å². The number of esters is 1. The normalized spacial score (nSPS) is 11.9. The third kappa shape index (κ3) is 7.33. The summed E-state index contributed by atoms with van der Waals surface area (Å²) in [5, 5.41) is 3.45. The molecule has 1 unspecified atom stereocenters. The second-order valence-electron chi connectivity index (χ2n) is 6.86. The SMILES string of the molecule is Cc1ccc(C(CC(=O)OC(C)C)NC(=O)COCc2ccccc2Cl)cc1. The summed E-state index contributed by atoms with van der Waals surface area (Å²) in [7, 11) is 0. The quantitative estimate of drug-likeness (QED) is 0.631. The Morgan fingerprint density at radius 1 is 1.07 bits per heavy atom. The summed E-state index contributed by atoms with van der Waals surface area (Å²) in [5.41, 5.74) is 2.75. The molecule has 5 nitrogen and oxygen atoms in total. The maximum atomic E-state index is 12.4. The molecule has 0 heterocycles. The fourth-order valence-corrected chi connectivity index (χ4v) is 2.82. The van der Waals surface area contributed by atoms with E-state index in [0.29, 0.717) is 5.02 Å². The topological polar surface area (TPSA) is 64.6 Å². The van der Waals surface area contributed by atoms with Crippen LogP contribution < -0.4 is 5.32 Å². The molecule has 6 heteroatoms. The number of halogens is 1. The summed E-state index contributed by atoms with van der Waals surface area (Å²) in [5.74, 6) is -0.673. The second kappa shape index (κ2) is 10.8. The van der Waals surface area contributed by atoms with Gasteiger partial charge in [0.25, 0.3) is 0 Å². The van der Waals surface area contributed by atoms with Crippen molar-refractivity contribution >= 4 is 23.5 Å².